The second-order valence-electron chi connectivity index (χ2n) is 3.17. The van der Waals surface area contributed by atoms with Crippen LogP contribution in [0.4, 0.5) is 10.5 Å². The first-order valence-corrected chi connectivity index (χ1v) is 4.54. The lowest BCUT2D eigenvalue weighted by atomic mass is 10.1. The van der Waals surface area contributed by atoms with E-state index in [1.165, 1.54) is 0 Å². The standard InChI is InChI=1S/C10H12N2O3/c1-14-8-3-6-5-11-10(13)12-7(6)4-9(8)15-2/h3-4H,5H2,1-2H3,(H2,11,12,13). The van der Waals surface area contributed by atoms with Gasteiger partial charge in [-0.05, 0) is 11.6 Å². The van der Waals surface area contributed by atoms with E-state index >= 15 is 0 Å². The van der Waals surface area contributed by atoms with E-state index in [4.69, 9.17) is 9.47 Å². The van der Waals surface area contributed by atoms with Crippen LogP contribution in [0.25, 0.3) is 0 Å². The van der Waals surface area contributed by atoms with Crippen molar-refractivity contribution in [1.29, 1.82) is 0 Å². The van der Waals surface area contributed by atoms with Crippen molar-refractivity contribution in [2.45, 2.75) is 6.54 Å². The fourth-order valence-corrected chi connectivity index (χ4v) is 1.53. The van der Waals surface area contributed by atoms with Crippen LogP contribution in [-0.2, 0) is 6.54 Å². The van der Waals surface area contributed by atoms with Crippen LogP contribution >= 0.6 is 0 Å². The Labute approximate surface area is 87.4 Å². The molecule has 0 aliphatic carbocycles. The number of nitrogens with one attached hydrogen (secondary N) is 2. The summed E-state index contributed by atoms with van der Waals surface area (Å²) in [5.74, 6) is 1.27. The van der Waals surface area contributed by atoms with E-state index in [0.717, 1.165) is 11.3 Å². The fraction of sp³-hybridized carbons (Fsp3) is 0.300. The molecule has 15 heavy (non-hydrogen) atoms. The molecule has 0 atom stereocenters. The first-order chi connectivity index (χ1) is 7.24. The van der Waals surface area contributed by atoms with Gasteiger partial charge in [0.25, 0.3) is 0 Å². The molecule has 2 amide bonds. The minimum atomic E-state index is -0.199. The largest absolute Gasteiger partial charge is 0.493 e. The van der Waals surface area contributed by atoms with Crippen molar-refractivity contribution in [3.05, 3.63) is 17.7 Å². The van der Waals surface area contributed by atoms with E-state index in [0.29, 0.717) is 18.0 Å². The summed E-state index contributed by atoms with van der Waals surface area (Å²) in [6, 6.07) is 3.41. The topological polar surface area (TPSA) is 59.6 Å². The normalized spacial score (nSPS) is 13.6. The predicted molar refractivity (Wildman–Crippen MR) is 55.4 cm³/mol. The molecule has 0 saturated carbocycles. The quantitative estimate of drug-likeness (QED) is 0.771. The molecule has 5 nitrogen and oxygen atoms in total. The van der Waals surface area contributed by atoms with E-state index in [1.54, 1.807) is 20.3 Å². The Balaban J connectivity index is 2.45. The van der Waals surface area contributed by atoms with Crippen LogP contribution in [0.5, 0.6) is 11.5 Å². The molecule has 2 N–H and O–H groups in total. The summed E-state index contributed by atoms with van der Waals surface area (Å²) >= 11 is 0. The van der Waals surface area contributed by atoms with Gasteiger partial charge >= 0.3 is 6.03 Å². The number of hydrogen-bond acceptors (Lipinski definition) is 3. The van der Waals surface area contributed by atoms with Gasteiger partial charge in [0.15, 0.2) is 11.5 Å². The van der Waals surface area contributed by atoms with Crippen molar-refractivity contribution >= 4 is 11.7 Å². The Kier molecular flexibility index (Phi) is 2.37. The lowest BCUT2D eigenvalue weighted by Gasteiger charge is -2.20. The van der Waals surface area contributed by atoms with Crippen LogP contribution in [0, 0.1) is 0 Å². The Morgan fingerprint density at radius 3 is 2.53 bits per heavy atom. The minimum absolute atomic E-state index is 0.199. The molecular formula is C10H12N2O3. The smallest absolute Gasteiger partial charge is 0.319 e. The molecule has 5 heteroatoms. The second kappa shape index (κ2) is 3.68. The van der Waals surface area contributed by atoms with Crippen LogP contribution in [0.2, 0.25) is 0 Å². The van der Waals surface area contributed by atoms with Gasteiger partial charge in [-0.3, -0.25) is 0 Å². The summed E-state index contributed by atoms with van der Waals surface area (Å²) in [4.78, 5) is 11.1. The van der Waals surface area contributed by atoms with E-state index in [-0.39, 0.29) is 6.03 Å². The molecule has 0 bridgehead atoms. The van der Waals surface area contributed by atoms with Crippen molar-refractivity contribution < 1.29 is 14.3 Å². The second-order valence-corrected chi connectivity index (χ2v) is 3.17. The summed E-state index contributed by atoms with van der Waals surface area (Å²) in [7, 11) is 3.15. The van der Waals surface area contributed by atoms with E-state index in [1.807, 2.05) is 6.07 Å². The van der Waals surface area contributed by atoms with E-state index in [9.17, 15) is 4.79 Å². The van der Waals surface area contributed by atoms with Gasteiger partial charge in [0.2, 0.25) is 0 Å². The molecule has 1 aliphatic rings. The maximum absolute atomic E-state index is 11.1. The highest BCUT2D eigenvalue weighted by molar-refractivity contribution is 5.92. The van der Waals surface area contributed by atoms with Gasteiger partial charge in [0, 0.05) is 12.6 Å². The number of rotatable bonds is 2. The fourth-order valence-electron chi connectivity index (χ4n) is 1.53. The van der Waals surface area contributed by atoms with Gasteiger partial charge in [-0.15, -0.1) is 0 Å². The van der Waals surface area contributed by atoms with Gasteiger partial charge in [0.05, 0.1) is 19.9 Å². The van der Waals surface area contributed by atoms with Crippen LogP contribution in [-0.4, -0.2) is 20.3 Å². The third kappa shape index (κ3) is 1.68. The van der Waals surface area contributed by atoms with Gasteiger partial charge in [-0.2, -0.15) is 0 Å². The molecule has 0 fully saturated rings. The van der Waals surface area contributed by atoms with Gasteiger partial charge in [-0.25, -0.2) is 4.79 Å². The molecule has 0 saturated heterocycles. The third-order valence-corrected chi connectivity index (χ3v) is 2.30. The Morgan fingerprint density at radius 2 is 1.87 bits per heavy atom. The van der Waals surface area contributed by atoms with Crippen LogP contribution in [0.1, 0.15) is 5.56 Å². The third-order valence-electron chi connectivity index (χ3n) is 2.30. The molecule has 1 aromatic carbocycles. The molecule has 1 aliphatic heterocycles. The Morgan fingerprint density at radius 1 is 1.20 bits per heavy atom. The lowest BCUT2D eigenvalue weighted by molar-refractivity contribution is 0.251. The molecule has 0 aromatic heterocycles. The zero-order valence-corrected chi connectivity index (χ0v) is 8.59. The van der Waals surface area contributed by atoms with Gasteiger partial charge in [-0.1, -0.05) is 0 Å². The first kappa shape index (κ1) is 9.64. The van der Waals surface area contributed by atoms with E-state index in [2.05, 4.69) is 10.6 Å². The number of hydrogen-bond donors (Lipinski definition) is 2. The number of anilines is 1. The minimum Gasteiger partial charge on any atom is -0.493 e. The molecule has 0 unspecified atom stereocenters. The molecule has 2 rings (SSSR count). The highest BCUT2D eigenvalue weighted by Gasteiger charge is 2.17. The first-order valence-electron chi connectivity index (χ1n) is 4.54. The summed E-state index contributed by atoms with van der Waals surface area (Å²) < 4.78 is 10.3. The number of carbonyl (C=O) groups is 1. The maximum atomic E-state index is 11.1. The average molecular weight is 208 g/mol. The number of fused-ring (bicyclic) bond motifs is 1. The van der Waals surface area contributed by atoms with Crippen LogP contribution in [0.3, 0.4) is 0 Å². The Hall–Kier alpha value is -1.91. The van der Waals surface area contributed by atoms with E-state index < -0.39 is 0 Å². The molecule has 0 spiro atoms. The zero-order valence-electron chi connectivity index (χ0n) is 8.59. The Bertz CT molecular complexity index is 404. The number of ether oxygens (including phenoxy) is 2. The number of carbonyl (C=O) groups excluding carboxylic acids is 1. The molecule has 80 valence electrons. The van der Waals surface area contributed by atoms with Crippen molar-refractivity contribution in [1.82, 2.24) is 5.32 Å². The number of urea groups is 1. The zero-order chi connectivity index (χ0) is 10.8. The molecule has 0 radical (unpaired) electrons. The number of benzene rings is 1. The SMILES string of the molecule is COc1cc2c(cc1OC)NC(=O)NC2. The van der Waals surface area contributed by atoms with Crippen LogP contribution in [0.15, 0.2) is 12.1 Å². The van der Waals surface area contributed by atoms with Crippen molar-refractivity contribution in [3.63, 3.8) is 0 Å². The molecular weight excluding hydrogens is 196 g/mol. The number of methoxy groups -OCH3 is 2. The van der Waals surface area contributed by atoms with Crippen molar-refractivity contribution in [2.75, 3.05) is 19.5 Å². The maximum Gasteiger partial charge on any atom is 0.319 e. The van der Waals surface area contributed by atoms with Gasteiger partial charge < -0.3 is 20.1 Å². The number of amides is 2. The summed E-state index contributed by atoms with van der Waals surface area (Å²) in [6.07, 6.45) is 0. The summed E-state index contributed by atoms with van der Waals surface area (Å²) in [5, 5.41) is 5.38. The highest BCUT2D eigenvalue weighted by Crippen LogP contribution is 2.34. The van der Waals surface area contributed by atoms with Crippen molar-refractivity contribution in [2.24, 2.45) is 0 Å². The molecule has 1 aromatic rings. The summed E-state index contributed by atoms with van der Waals surface area (Å²) in [6.45, 7) is 0.502. The molecule has 1 heterocycles. The average Bonchev–Trinajstić information content (AvgIpc) is 2.27. The predicted octanol–water partition coefficient (Wildman–Crippen LogP) is 1.34. The summed E-state index contributed by atoms with van der Waals surface area (Å²) in [5.41, 5.74) is 1.74. The monoisotopic (exact) mass is 208 g/mol. The highest BCUT2D eigenvalue weighted by atomic mass is 16.5. The lowest BCUT2D eigenvalue weighted by Crippen LogP contribution is -2.33. The van der Waals surface area contributed by atoms with Crippen LogP contribution < -0.4 is 20.1 Å². The van der Waals surface area contributed by atoms with Crippen molar-refractivity contribution in [3.8, 4) is 11.5 Å². The van der Waals surface area contributed by atoms with Gasteiger partial charge in [0.1, 0.15) is 0 Å².